The topological polar surface area (TPSA) is 77.8 Å². The molecular weight excluding hydrogens is 216 g/mol. The van der Waals surface area contributed by atoms with Crippen molar-refractivity contribution in [2.45, 2.75) is 25.3 Å². The van der Waals surface area contributed by atoms with E-state index in [1.807, 2.05) is 12.1 Å². The second kappa shape index (κ2) is 4.25. The molecule has 5 heteroatoms. The fourth-order valence-electron chi connectivity index (χ4n) is 1.81. The Morgan fingerprint density at radius 1 is 1.35 bits per heavy atom. The van der Waals surface area contributed by atoms with Gasteiger partial charge in [-0.25, -0.2) is 0 Å². The van der Waals surface area contributed by atoms with Crippen LogP contribution in [0.15, 0.2) is 29.0 Å². The quantitative estimate of drug-likeness (QED) is 0.860. The molecule has 3 rings (SSSR count). The maximum atomic E-state index is 6.00. The van der Waals surface area contributed by atoms with Crippen LogP contribution in [-0.2, 0) is 6.42 Å². The number of hydrogen-bond acceptors (Lipinski definition) is 5. The molecule has 2 aromatic heterocycles. The number of nitrogens with two attached hydrogens (primary N) is 1. The Morgan fingerprint density at radius 3 is 2.82 bits per heavy atom. The Morgan fingerprint density at radius 2 is 2.12 bits per heavy atom. The highest BCUT2D eigenvalue weighted by molar-refractivity contribution is 5.15. The van der Waals surface area contributed by atoms with Gasteiger partial charge in [-0.2, -0.15) is 4.98 Å². The zero-order valence-corrected chi connectivity index (χ0v) is 9.41. The fraction of sp³-hybridized carbons (Fsp3) is 0.417. The minimum absolute atomic E-state index is 0.0892. The highest BCUT2D eigenvalue weighted by Crippen LogP contribution is 2.38. The fourth-order valence-corrected chi connectivity index (χ4v) is 1.81. The summed E-state index contributed by atoms with van der Waals surface area (Å²) < 4.78 is 5.20. The third-order valence-electron chi connectivity index (χ3n) is 3.01. The second-order valence-corrected chi connectivity index (χ2v) is 4.44. The maximum absolute atomic E-state index is 6.00. The summed E-state index contributed by atoms with van der Waals surface area (Å²) >= 11 is 0. The molecule has 17 heavy (non-hydrogen) atoms. The summed E-state index contributed by atoms with van der Waals surface area (Å²) in [6, 6.07) is 3.79. The predicted molar refractivity (Wildman–Crippen MR) is 61.0 cm³/mol. The predicted octanol–water partition coefficient (Wildman–Crippen LogP) is 1.47. The molecule has 0 saturated heterocycles. The Balaban J connectivity index is 1.72. The molecule has 5 nitrogen and oxygen atoms in total. The van der Waals surface area contributed by atoms with E-state index >= 15 is 0 Å². The van der Waals surface area contributed by atoms with Gasteiger partial charge in [0.25, 0.3) is 0 Å². The molecule has 0 bridgehead atoms. The smallest absolute Gasteiger partial charge is 0.243 e. The average molecular weight is 230 g/mol. The second-order valence-electron chi connectivity index (χ2n) is 4.44. The van der Waals surface area contributed by atoms with Crippen LogP contribution >= 0.6 is 0 Å². The van der Waals surface area contributed by atoms with Crippen molar-refractivity contribution in [1.29, 1.82) is 0 Å². The van der Waals surface area contributed by atoms with E-state index in [1.165, 1.54) is 12.8 Å². The molecule has 0 radical (unpaired) electrons. The summed E-state index contributed by atoms with van der Waals surface area (Å²) in [5, 5.41) is 3.96. The van der Waals surface area contributed by atoms with Gasteiger partial charge in [0.15, 0.2) is 5.82 Å². The zero-order chi connectivity index (χ0) is 11.7. The van der Waals surface area contributed by atoms with E-state index in [1.54, 1.807) is 12.4 Å². The van der Waals surface area contributed by atoms with Gasteiger partial charge in [-0.3, -0.25) is 4.98 Å². The molecule has 0 amide bonds. The van der Waals surface area contributed by atoms with Gasteiger partial charge in [-0.05, 0) is 36.5 Å². The number of pyridine rings is 1. The van der Waals surface area contributed by atoms with Crippen molar-refractivity contribution >= 4 is 0 Å². The van der Waals surface area contributed by atoms with Crippen LogP contribution in [0.3, 0.4) is 0 Å². The lowest BCUT2D eigenvalue weighted by Crippen LogP contribution is -2.12. The van der Waals surface area contributed by atoms with Crippen molar-refractivity contribution in [3.8, 4) is 0 Å². The number of nitrogens with zero attached hydrogens (tertiary/aromatic N) is 3. The van der Waals surface area contributed by atoms with E-state index in [0.717, 1.165) is 5.56 Å². The summed E-state index contributed by atoms with van der Waals surface area (Å²) in [6.45, 7) is 0. The van der Waals surface area contributed by atoms with Gasteiger partial charge in [0.05, 0.1) is 6.04 Å². The van der Waals surface area contributed by atoms with Crippen molar-refractivity contribution in [2.75, 3.05) is 0 Å². The minimum Gasteiger partial charge on any atom is -0.338 e. The lowest BCUT2D eigenvalue weighted by molar-refractivity contribution is 0.340. The monoisotopic (exact) mass is 230 g/mol. The number of rotatable bonds is 4. The Hall–Kier alpha value is -1.75. The summed E-state index contributed by atoms with van der Waals surface area (Å²) in [5.74, 6) is 1.78. The van der Waals surface area contributed by atoms with Crippen LogP contribution in [0.1, 0.15) is 36.2 Å². The first kappa shape index (κ1) is 10.4. The standard InChI is InChI=1S/C12H14N4O/c13-11(9-1-2-9)12-15-10(16-17-12)7-8-3-5-14-6-4-8/h3-6,9,11H,1-2,7,13H2. The van der Waals surface area contributed by atoms with E-state index in [2.05, 4.69) is 15.1 Å². The molecule has 2 heterocycles. The summed E-state index contributed by atoms with van der Waals surface area (Å²) in [4.78, 5) is 8.31. The van der Waals surface area contributed by atoms with Gasteiger partial charge in [0.1, 0.15) is 0 Å². The summed E-state index contributed by atoms with van der Waals surface area (Å²) in [7, 11) is 0. The molecule has 2 N–H and O–H groups in total. The van der Waals surface area contributed by atoms with Gasteiger partial charge < -0.3 is 10.3 Å². The third kappa shape index (κ3) is 2.34. The summed E-state index contributed by atoms with van der Waals surface area (Å²) in [5.41, 5.74) is 7.12. The van der Waals surface area contributed by atoms with Crippen molar-refractivity contribution < 1.29 is 4.52 Å². The molecule has 1 aliphatic carbocycles. The molecule has 1 aliphatic rings. The minimum atomic E-state index is -0.0892. The molecule has 1 atom stereocenters. The highest BCUT2D eigenvalue weighted by atomic mass is 16.5. The van der Waals surface area contributed by atoms with Crippen LogP contribution in [0.4, 0.5) is 0 Å². The molecule has 88 valence electrons. The van der Waals surface area contributed by atoms with Crippen molar-refractivity contribution in [1.82, 2.24) is 15.1 Å². The van der Waals surface area contributed by atoms with Gasteiger partial charge in [0.2, 0.25) is 5.89 Å². The first-order valence-electron chi connectivity index (χ1n) is 5.80. The van der Waals surface area contributed by atoms with Crippen LogP contribution in [0, 0.1) is 5.92 Å². The lowest BCUT2D eigenvalue weighted by atomic mass is 10.2. The van der Waals surface area contributed by atoms with Crippen LogP contribution in [0.25, 0.3) is 0 Å². The molecular formula is C12H14N4O. The molecule has 0 aliphatic heterocycles. The lowest BCUT2D eigenvalue weighted by Gasteiger charge is -2.01. The number of hydrogen-bond donors (Lipinski definition) is 1. The van der Waals surface area contributed by atoms with E-state index in [4.69, 9.17) is 10.3 Å². The third-order valence-corrected chi connectivity index (χ3v) is 3.01. The van der Waals surface area contributed by atoms with E-state index in [0.29, 0.717) is 24.1 Å². The number of aromatic nitrogens is 3. The molecule has 1 saturated carbocycles. The molecule has 0 spiro atoms. The molecule has 2 aromatic rings. The Labute approximate surface area is 99.1 Å². The molecule has 1 fully saturated rings. The van der Waals surface area contributed by atoms with E-state index in [9.17, 15) is 0 Å². The van der Waals surface area contributed by atoms with Crippen molar-refractivity contribution in [3.05, 3.63) is 41.8 Å². The Bertz CT molecular complexity index is 492. The maximum Gasteiger partial charge on any atom is 0.243 e. The average Bonchev–Trinajstić information content (AvgIpc) is 3.11. The van der Waals surface area contributed by atoms with Crippen LogP contribution in [0.5, 0.6) is 0 Å². The van der Waals surface area contributed by atoms with Gasteiger partial charge in [0, 0.05) is 18.8 Å². The van der Waals surface area contributed by atoms with E-state index < -0.39 is 0 Å². The zero-order valence-electron chi connectivity index (χ0n) is 9.41. The normalized spacial score (nSPS) is 17.0. The van der Waals surface area contributed by atoms with Crippen LogP contribution < -0.4 is 5.73 Å². The van der Waals surface area contributed by atoms with Crippen molar-refractivity contribution in [3.63, 3.8) is 0 Å². The van der Waals surface area contributed by atoms with Gasteiger partial charge in [-0.1, -0.05) is 5.16 Å². The Kier molecular flexibility index (Phi) is 2.60. The van der Waals surface area contributed by atoms with Crippen molar-refractivity contribution in [2.24, 2.45) is 11.7 Å². The van der Waals surface area contributed by atoms with Gasteiger partial charge in [-0.15, -0.1) is 0 Å². The SMILES string of the molecule is NC(c1nc(Cc2ccncc2)no1)C1CC1. The first-order chi connectivity index (χ1) is 8.33. The summed E-state index contributed by atoms with van der Waals surface area (Å²) in [6.07, 6.45) is 6.51. The van der Waals surface area contributed by atoms with Gasteiger partial charge >= 0.3 is 0 Å². The highest BCUT2D eigenvalue weighted by Gasteiger charge is 2.33. The van der Waals surface area contributed by atoms with Crippen LogP contribution in [0.2, 0.25) is 0 Å². The van der Waals surface area contributed by atoms with E-state index in [-0.39, 0.29) is 6.04 Å². The molecule has 1 unspecified atom stereocenters. The largest absolute Gasteiger partial charge is 0.338 e. The molecule has 0 aromatic carbocycles. The first-order valence-corrected chi connectivity index (χ1v) is 5.80. The van der Waals surface area contributed by atoms with Crippen LogP contribution in [-0.4, -0.2) is 15.1 Å².